The fourth-order valence-corrected chi connectivity index (χ4v) is 2.05. The maximum Gasteiger partial charge on any atom is 0.253 e. The molecule has 0 saturated heterocycles. The second-order valence-electron chi connectivity index (χ2n) is 5.34. The molecule has 132 valence electrons. The van der Waals surface area contributed by atoms with Crippen LogP contribution in [0.4, 0.5) is 5.69 Å². The largest absolute Gasteiger partial charge is 0.356 e. The third kappa shape index (κ3) is 7.23. The van der Waals surface area contributed by atoms with Crippen molar-refractivity contribution in [1.29, 1.82) is 0 Å². The molecular weight excluding hydrogens is 308 g/mol. The molecule has 0 radical (unpaired) electrons. The van der Waals surface area contributed by atoms with Gasteiger partial charge in [-0.2, -0.15) is 0 Å². The first kappa shape index (κ1) is 19.6. The molecule has 5 N–H and O–H groups in total. The molecule has 0 fully saturated rings. The first-order valence-corrected chi connectivity index (χ1v) is 8.22. The summed E-state index contributed by atoms with van der Waals surface area (Å²) < 4.78 is 0. The molecule has 0 spiro atoms. The quantitative estimate of drug-likeness (QED) is 0.511. The Labute approximate surface area is 142 Å². The Bertz CT molecular complexity index is 561. The van der Waals surface area contributed by atoms with E-state index < -0.39 is 0 Å². The van der Waals surface area contributed by atoms with Gasteiger partial charge in [-0.3, -0.25) is 14.4 Å². The first-order chi connectivity index (χ1) is 11.6. The van der Waals surface area contributed by atoms with Crippen LogP contribution in [0.5, 0.6) is 0 Å². The minimum atomic E-state index is -0.282. The summed E-state index contributed by atoms with van der Waals surface area (Å²) in [7, 11) is 0. The van der Waals surface area contributed by atoms with Crippen LogP contribution >= 0.6 is 0 Å². The SMILES string of the molecule is CCCNC(=O)CCCC(=O)Nc1ccccc1C(=O)NCCN. The summed E-state index contributed by atoms with van der Waals surface area (Å²) >= 11 is 0. The second-order valence-corrected chi connectivity index (χ2v) is 5.34. The number of rotatable bonds is 10. The number of hydrogen-bond acceptors (Lipinski definition) is 4. The number of carbonyl (C=O) groups is 3. The Balaban J connectivity index is 2.49. The Kier molecular flexibility index (Phi) is 9.14. The van der Waals surface area contributed by atoms with Crippen LogP contribution in [-0.4, -0.2) is 37.4 Å². The fourth-order valence-electron chi connectivity index (χ4n) is 2.05. The highest BCUT2D eigenvalue weighted by Crippen LogP contribution is 2.15. The minimum absolute atomic E-state index is 0.0498. The van der Waals surface area contributed by atoms with Crippen molar-refractivity contribution in [2.45, 2.75) is 32.6 Å². The van der Waals surface area contributed by atoms with Gasteiger partial charge >= 0.3 is 0 Å². The van der Waals surface area contributed by atoms with Crippen LogP contribution in [0.3, 0.4) is 0 Å². The standard InChI is InChI=1S/C17H26N4O3/c1-2-11-19-15(22)8-5-9-16(23)21-14-7-4-3-6-13(14)17(24)20-12-10-18/h3-4,6-7H,2,5,8-12,18H2,1H3,(H,19,22)(H,20,24)(H,21,23). The van der Waals surface area contributed by atoms with Gasteiger partial charge in [-0.05, 0) is 25.0 Å². The van der Waals surface area contributed by atoms with Crippen molar-refractivity contribution < 1.29 is 14.4 Å². The van der Waals surface area contributed by atoms with E-state index in [1.807, 2.05) is 6.92 Å². The number of anilines is 1. The third-order valence-corrected chi connectivity index (χ3v) is 3.26. The van der Waals surface area contributed by atoms with Gasteiger partial charge in [0.2, 0.25) is 11.8 Å². The molecule has 0 aliphatic carbocycles. The molecule has 1 aromatic carbocycles. The molecule has 0 aliphatic rings. The lowest BCUT2D eigenvalue weighted by Gasteiger charge is -2.11. The lowest BCUT2D eigenvalue weighted by atomic mass is 10.1. The molecule has 0 bridgehead atoms. The Morgan fingerprint density at radius 2 is 1.71 bits per heavy atom. The van der Waals surface area contributed by atoms with Crippen molar-refractivity contribution in [2.75, 3.05) is 25.0 Å². The average Bonchev–Trinajstić information content (AvgIpc) is 2.58. The number of amides is 3. The van der Waals surface area contributed by atoms with Crippen molar-refractivity contribution in [3.8, 4) is 0 Å². The van der Waals surface area contributed by atoms with Gasteiger partial charge in [0.15, 0.2) is 0 Å². The topological polar surface area (TPSA) is 113 Å². The maximum atomic E-state index is 12.0. The number of para-hydroxylation sites is 1. The van der Waals surface area contributed by atoms with Gasteiger partial charge in [0, 0.05) is 32.5 Å². The van der Waals surface area contributed by atoms with Crippen molar-refractivity contribution in [3.05, 3.63) is 29.8 Å². The van der Waals surface area contributed by atoms with E-state index in [1.165, 1.54) is 0 Å². The first-order valence-electron chi connectivity index (χ1n) is 8.22. The van der Waals surface area contributed by atoms with Crippen molar-refractivity contribution in [1.82, 2.24) is 10.6 Å². The van der Waals surface area contributed by atoms with E-state index in [4.69, 9.17) is 5.73 Å². The van der Waals surface area contributed by atoms with E-state index in [2.05, 4.69) is 16.0 Å². The molecule has 0 unspecified atom stereocenters. The monoisotopic (exact) mass is 334 g/mol. The van der Waals surface area contributed by atoms with Gasteiger partial charge in [-0.25, -0.2) is 0 Å². The molecular formula is C17H26N4O3. The average molecular weight is 334 g/mol. The van der Waals surface area contributed by atoms with Crippen LogP contribution in [-0.2, 0) is 9.59 Å². The molecule has 1 rings (SSSR count). The van der Waals surface area contributed by atoms with Crippen molar-refractivity contribution >= 4 is 23.4 Å². The maximum absolute atomic E-state index is 12.0. The van der Waals surface area contributed by atoms with Gasteiger partial charge in [-0.15, -0.1) is 0 Å². The zero-order chi connectivity index (χ0) is 17.8. The number of nitrogens with one attached hydrogen (secondary N) is 3. The highest BCUT2D eigenvalue weighted by atomic mass is 16.2. The van der Waals surface area contributed by atoms with Gasteiger partial charge in [0.25, 0.3) is 5.91 Å². The summed E-state index contributed by atoms with van der Waals surface area (Å²) in [6.07, 6.45) is 1.88. The van der Waals surface area contributed by atoms with Crippen LogP contribution < -0.4 is 21.7 Å². The predicted octanol–water partition coefficient (Wildman–Crippen LogP) is 1.01. The molecule has 0 atom stereocenters. The van der Waals surface area contributed by atoms with Crippen LogP contribution in [0, 0.1) is 0 Å². The number of benzene rings is 1. The van der Waals surface area contributed by atoms with E-state index >= 15 is 0 Å². The van der Waals surface area contributed by atoms with E-state index in [9.17, 15) is 14.4 Å². The highest BCUT2D eigenvalue weighted by molar-refractivity contribution is 6.03. The molecule has 0 saturated carbocycles. The Hall–Kier alpha value is -2.41. The Morgan fingerprint density at radius 1 is 1.00 bits per heavy atom. The van der Waals surface area contributed by atoms with E-state index in [0.717, 1.165) is 6.42 Å². The van der Waals surface area contributed by atoms with Crippen molar-refractivity contribution in [3.63, 3.8) is 0 Å². The molecule has 0 heterocycles. The van der Waals surface area contributed by atoms with Gasteiger partial charge in [-0.1, -0.05) is 19.1 Å². The van der Waals surface area contributed by atoms with Gasteiger partial charge < -0.3 is 21.7 Å². The molecule has 0 aromatic heterocycles. The zero-order valence-electron chi connectivity index (χ0n) is 14.1. The van der Waals surface area contributed by atoms with Crippen LogP contribution in [0.15, 0.2) is 24.3 Å². The molecule has 0 aliphatic heterocycles. The summed E-state index contributed by atoms with van der Waals surface area (Å²) in [4.78, 5) is 35.5. The number of hydrogen-bond donors (Lipinski definition) is 4. The van der Waals surface area contributed by atoms with Crippen LogP contribution in [0.2, 0.25) is 0 Å². The van der Waals surface area contributed by atoms with Gasteiger partial charge in [0.05, 0.1) is 11.3 Å². The number of nitrogens with two attached hydrogens (primary N) is 1. The minimum Gasteiger partial charge on any atom is -0.356 e. The Morgan fingerprint density at radius 3 is 2.42 bits per heavy atom. The number of carbonyl (C=O) groups excluding carboxylic acids is 3. The molecule has 1 aromatic rings. The zero-order valence-corrected chi connectivity index (χ0v) is 14.1. The summed E-state index contributed by atoms with van der Waals surface area (Å²) in [5.74, 6) is -0.557. The molecule has 3 amide bonds. The molecule has 7 nitrogen and oxygen atoms in total. The fraction of sp³-hybridized carbons (Fsp3) is 0.471. The summed E-state index contributed by atoms with van der Waals surface area (Å²) in [5, 5.41) is 8.16. The van der Waals surface area contributed by atoms with E-state index in [0.29, 0.717) is 43.7 Å². The molecule has 7 heteroatoms. The second kappa shape index (κ2) is 11.2. The lowest BCUT2D eigenvalue weighted by Crippen LogP contribution is -2.30. The highest BCUT2D eigenvalue weighted by Gasteiger charge is 2.12. The summed E-state index contributed by atoms with van der Waals surface area (Å²) in [6, 6.07) is 6.78. The van der Waals surface area contributed by atoms with Gasteiger partial charge in [0.1, 0.15) is 0 Å². The smallest absolute Gasteiger partial charge is 0.253 e. The molecule has 24 heavy (non-hydrogen) atoms. The third-order valence-electron chi connectivity index (χ3n) is 3.26. The predicted molar refractivity (Wildman–Crippen MR) is 93.6 cm³/mol. The normalized spacial score (nSPS) is 10.1. The van der Waals surface area contributed by atoms with Crippen LogP contribution in [0.1, 0.15) is 43.0 Å². The van der Waals surface area contributed by atoms with Crippen molar-refractivity contribution in [2.24, 2.45) is 5.73 Å². The van der Waals surface area contributed by atoms with Crippen LogP contribution in [0.25, 0.3) is 0 Å². The van der Waals surface area contributed by atoms with E-state index in [1.54, 1.807) is 24.3 Å². The summed E-state index contributed by atoms with van der Waals surface area (Å²) in [5.41, 5.74) is 6.21. The summed E-state index contributed by atoms with van der Waals surface area (Å²) in [6.45, 7) is 3.35. The lowest BCUT2D eigenvalue weighted by molar-refractivity contribution is -0.121. The van der Waals surface area contributed by atoms with E-state index in [-0.39, 0.29) is 24.1 Å².